The number of rotatable bonds is 1. The molecular weight excluding hydrogens is 433 g/mol. The van der Waals surface area contributed by atoms with Crippen molar-refractivity contribution in [3.63, 3.8) is 0 Å². The summed E-state index contributed by atoms with van der Waals surface area (Å²) in [7, 11) is 0.362. The highest BCUT2D eigenvalue weighted by Gasteiger charge is 2.80. The molecule has 168 valence electrons. The second kappa shape index (κ2) is 8.11. The van der Waals surface area contributed by atoms with Crippen LogP contribution in [0.4, 0.5) is 65.9 Å². The molecule has 0 aromatic heterocycles. The summed E-state index contributed by atoms with van der Waals surface area (Å²) in [4.78, 5) is 0. The molecule has 16 heteroatoms. The van der Waals surface area contributed by atoms with Crippen molar-refractivity contribution in [1.82, 2.24) is 0 Å². The molecule has 1 nitrogen and oxygen atoms in total. The van der Waals surface area contributed by atoms with Crippen LogP contribution in [-0.2, 0) is 4.74 Å². The van der Waals surface area contributed by atoms with E-state index in [4.69, 9.17) is 0 Å². The Balaban J connectivity index is -0.000000416. The Morgan fingerprint density at radius 2 is 0.630 bits per heavy atom. The topological polar surface area (TPSA) is 9.23 Å². The van der Waals surface area contributed by atoms with Gasteiger partial charge in [0, 0.05) is 7.11 Å². The van der Waals surface area contributed by atoms with Crippen molar-refractivity contribution in [3.05, 3.63) is 0 Å². The van der Waals surface area contributed by atoms with Crippen LogP contribution in [0.25, 0.3) is 0 Å². The first-order valence-electron chi connectivity index (χ1n) is 5.70. The van der Waals surface area contributed by atoms with Crippen LogP contribution >= 0.6 is 0 Å². The van der Waals surface area contributed by atoms with E-state index in [2.05, 4.69) is 4.74 Å². The lowest BCUT2D eigenvalue weighted by molar-refractivity contribution is -0.420. The second-order valence-electron chi connectivity index (χ2n) is 4.85. The molecule has 0 unspecified atom stereocenters. The summed E-state index contributed by atoms with van der Waals surface area (Å²) in [5, 5.41) is 0. The average molecular weight is 446 g/mol. The van der Waals surface area contributed by atoms with Crippen molar-refractivity contribution in [1.29, 1.82) is 0 Å². The van der Waals surface area contributed by atoms with Gasteiger partial charge in [-0.2, -0.15) is 65.9 Å². The molecule has 0 fully saturated rings. The Morgan fingerprint density at radius 3 is 0.630 bits per heavy atom. The van der Waals surface area contributed by atoms with Crippen LogP contribution in [-0.4, -0.2) is 43.6 Å². The van der Waals surface area contributed by atoms with Gasteiger partial charge in [0.15, 0.2) is 0 Å². The van der Waals surface area contributed by atoms with Crippen LogP contribution < -0.4 is 0 Å². The van der Waals surface area contributed by atoms with Gasteiger partial charge in [0.05, 0.1) is 0 Å². The van der Waals surface area contributed by atoms with Gasteiger partial charge in [-0.1, -0.05) is 7.43 Å². The first-order valence-corrected chi connectivity index (χ1v) is 5.70. The maximum atomic E-state index is 11.8. The highest BCUT2D eigenvalue weighted by Crippen LogP contribution is 2.58. The van der Waals surface area contributed by atoms with Gasteiger partial charge < -0.3 is 4.74 Å². The van der Waals surface area contributed by atoms with E-state index >= 15 is 0 Å². The van der Waals surface area contributed by atoms with Gasteiger partial charge in [-0.05, 0) is 13.8 Å². The minimum Gasteiger partial charge on any atom is -0.362 e. The van der Waals surface area contributed by atoms with E-state index in [-0.39, 0.29) is 14.4 Å². The highest BCUT2D eigenvalue weighted by atomic mass is 19.4. The summed E-state index contributed by atoms with van der Waals surface area (Å²) in [5.74, 6) is 0. The molecule has 0 saturated carbocycles. The van der Waals surface area contributed by atoms with E-state index in [1.54, 1.807) is 0 Å². The standard InChI is InChI=1S/C5H3F9.C5H6F6O.CH4/c1-2(3(6,7)8,4(9,10)11)5(12,13)14;1-3(12-2,4(6,7)8)5(9,10)11;/h1H3;1-2H3;1H4. The third-order valence-corrected chi connectivity index (χ3v) is 3.19. The zero-order chi connectivity index (χ0) is 22.2. The molecule has 0 aliphatic carbocycles. The van der Waals surface area contributed by atoms with E-state index in [9.17, 15) is 65.9 Å². The summed E-state index contributed by atoms with van der Waals surface area (Å²) in [6.07, 6.45) is -30.2. The first kappa shape index (κ1) is 30.6. The Kier molecular flexibility index (Phi) is 9.20. The van der Waals surface area contributed by atoms with E-state index in [1.807, 2.05) is 0 Å². The molecule has 27 heavy (non-hydrogen) atoms. The predicted octanol–water partition coefficient (Wildman–Crippen LogP) is 6.83. The van der Waals surface area contributed by atoms with Crippen LogP contribution in [0.2, 0.25) is 0 Å². The Bertz CT molecular complexity index is 397. The summed E-state index contributed by atoms with van der Waals surface area (Å²) >= 11 is 0. The molecule has 0 saturated heterocycles. The minimum atomic E-state index is -6.43. The zero-order valence-corrected chi connectivity index (χ0v) is 12.6. The highest BCUT2D eigenvalue weighted by molar-refractivity contribution is 4.95. The van der Waals surface area contributed by atoms with Gasteiger partial charge in [-0.15, -0.1) is 0 Å². The van der Waals surface area contributed by atoms with Crippen LogP contribution in [0, 0.1) is 5.41 Å². The molecular formula is C11H13F15O. The first-order chi connectivity index (χ1) is 10.8. The molecule has 0 spiro atoms. The molecule has 0 aliphatic rings. The lowest BCUT2D eigenvalue weighted by Crippen LogP contribution is -2.57. The van der Waals surface area contributed by atoms with Crippen LogP contribution in [0.1, 0.15) is 21.3 Å². The van der Waals surface area contributed by atoms with E-state index in [1.165, 1.54) is 0 Å². The maximum Gasteiger partial charge on any atom is 0.426 e. The molecule has 0 atom stereocenters. The average Bonchev–Trinajstić information content (AvgIpc) is 2.30. The lowest BCUT2D eigenvalue weighted by atomic mass is 9.88. The van der Waals surface area contributed by atoms with Gasteiger partial charge in [-0.3, -0.25) is 0 Å². The van der Waals surface area contributed by atoms with Crippen molar-refractivity contribution in [3.8, 4) is 0 Å². The van der Waals surface area contributed by atoms with Crippen molar-refractivity contribution in [2.75, 3.05) is 7.11 Å². The smallest absolute Gasteiger partial charge is 0.362 e. The molecule has 0 heterocycles. The number of methoxy groups -OCH3 is 1. The molecule has 0 bridgehead atoms. The summed E-state index contributed by atoms with van der Waals surface area (Å²) in [6, 6.07) is 0. The van der Waals surface area contributed by atoms with E-state index in [0.717, 1.165) is 0 Å². The van der Waals surface area contributed by atoms with Crippen LogP contribution in [0.5, 0.6) is 0 Å². The number of halogens is 15. The van der Waals surface area contributed by atoms with Crippen molar-refractivity contribution >= 4 is 0 Å². The van der Waals surface area contributed by atoms with Crippen LogP contribution in [0.3, 0.4) is 0 Å². The number of hydrogen-bond acceptors (Lipinski definition) is 1. The molecule has 0 amide bonds. The van der Waals surface area contributed by atoms with Crippen molar-refractivity contribution in [2.45, 2.75) is 57.8 Å². The van der Waals surface area contributed by atoms with E-state index in [0.29, 0.717) is 7.11 Å². The van der Waals surface area contributed by atoms with E-state index < -0.39 is 48.8 Å². The number of hydrogen-bond donors (Lipinski definition) is 0. The zero-order valence-electron chi connectivity index (χ0n) is 12.6. The molecule has 0 aliphatic heterocycles. The van der Waals surface area contributed by atoms with Gasteiger partial charge >= 0.3 is 30.9 Å². The summed E-state index contributed by atoms with van der Waals surface area (Å²) in [5.41, 5.74) is -9.77. The quantitative estimate of drug-likeness (QED) is 0.401. The third kappa shape index (κ3) is 5.94. The third-order valence-electron chi connectivity index (χ3n) is 3.19. The number of ether oxygens (including phenoxy) is 1. The fourth-order valence-electron chi connectivity index (χ4n) is 0.874. The molecule has 0 rings (SSSR count). The van der Waals surface area contributed by atoms with Gasteiger partial charge in [0.1, 0.15) is 0 Å². The fourth-order valence-corrected chi connectivity index (χ4v) is 0.874. The second-order valence-corrected chi connectivity index (χ2v) is 4.85. The lowest BCUT2D eigenvalue weighted by Gasteiger charge is -2.35. The molecule has 0 radical (unpaired) electrons. The van der Waals surface area contributed by atoms with Gasteiger partial charge in [0.25, 0.3) is 11.0 Å². The van der Waals surface area contributed by atoms with Crippen LogP contribution in [0.15, 0.2) is 0 Å². The number of alkyl halides is 15. The monoisotopic (exact) mass is 446 g/mol. The van der Waals surface area contributed by atoms with Gasteiger partial charge in [0.2, 0.25) is 0 Å². The minimum absolute atomic E-state index is 0. The Labute approximate surface area is 142 Å². The molecule has 0 N–H and O–H groups in total. The summed E-state index contributed by atoms with van der Waals surface area (Å²) < 4.78 is 179. The van der Waals surface area contributed by atoms with Crippen molar-refractivity contribution in [2.24, 2.45) is 5.41 Å². The molecule has 0 aromatic rings. The fraction of sp³-hybridized carbons (Fsp3) is 1.00. The molecule has 0 aromatic carbocycles. The predicted molar refractivity (Wildman–Crippen MR) is 60.5 cm³/mol. The Hall–Kier alpha value is -1.09. The van der Waals surface area contributed by atoms with Crippen molar-refractivity contribution < 1.29 is 70.6 Å². The Morgan fingerprint density at radius 1 is 0.444 bits per heavy atom. The largest absolute Gasteiger partial charge is 0.426 e. The normalized spacial score (nSPS) is 14.9. The summed E-state index contributed by atoms with van der Waals surface area (Å²) in [6.45, 7) is -1.00. The SMILES string of the molecule is C.CC(C(F)(F)F)(C(F)(F)F)C(F)(F)F.COC(C)(C(F)(F)F)C(F)(F)F. The maximum absolute atomic E-state index is 11.8. The van der Waals surface area contributed by atoms with Gasteiger partial charge in [-0.25, -0.2) is 0 Å².